The van der Waals surface area contributed by atoms with Gasteiger partial charge in [0.15, 0.2) is 0 Å². The number of benzene rings is 3. The van der Waals surface area contributed by atoms with Crippen LogP contribution >= 0.6 is 0 Å². The highest BCUT2D eigenvalue weighted by atomic mass is 32.2. The second kappa shape index (κ2) is 12.1. The molecule has 3 aromatic carbocycles. The predicted molar refractivity (Wildman–Crippen MR) is 156 cm³/mol. The molecule has 1 aliphatic rings. The largest absolute Gasteiger partial charge is 0.457 e. The maximum atomic E-state index is 12.8. The van der Waals surface area contributed by atoms with Crippen LogP contribution in [0.5, 0.6) is 11.5 Å². The molecule has 1 saturated heterocycles. The number of para-hydroxylation sites is 1. The van der Waals surface area contributed by atoms with Crippen molar-refractivity contribution in [2.75, 3.05) is 30.7 Å². The molecule has 0 atom stereocenters. The van der Waals surface area contributed by atoms with Crippen molar-refractivity contribution in [2.45, 2.75) is 12.8 Å². The number of piperidine rings is 1. The van der Waals surface area contributed by atoms with Gasteiger partial charge in [0.1, 0.15) is 29.5 Å². The number of anilines is 2. The Kier molecular flexibility index (Phi) is 8.19. The van der Waals surface area contributed by atoms with Crippen LogP contribution in [0.3, 0.4) is 0 Å². The molecule has 0 radical (unpaired) electrons. The van der Waals surface area contributed by atoms with Gasteiger partial charge in [0.05, 0.1) is 5.56 Å². The van der Waals surface area contributed by atoms with E-state index in [2.05, 4.69) is 15.3 Å². The van der Waals surface area contributed by atoms with Crippen molar-refractivity contribution in [3.8, 4) is 22.6 Å². The first-order valence-electron chi connectivity index (χ1n) is 12.9. The molecule has 3 N–H and O–H groups in total. The summed E-state index contributed by atoms with van der Waals surface area (Å²) in [7, 11) is -3.46. The number of nitrogens with one attached hydrogen (secondary N) is 1. The number of rotatable bonds is 9. The van der Waals surface area contributed by atoms with Gasteiger partial charge in [-0.25, -0.2) is 18.4 Å². The van der Waals surface area contributed by atoms with E-state index < -0.39 is 10.0 Å². The Morgan fingerprint density at radius 3 is 2.23 bits per heavy atom. The summed E-state index contributed by atoms with van der Waals surface area (Å²) < 4.78 is 33.0. The molecule has 2 heterocycles. The van der Waals surface area contributed by atoms with E-state index in [4.69, 9.17) is 10.5 Å². The molecular formula is C30H31N5O3S. The molecule has 0 unspecified atom stereocenters. The number of sulfonamides is 1. The summed E-state index contributed by atoms with van der Waals surface area (Å²) in [5.41, 5.74) is 8.73. The first-order chi connectivity index (χ1) is 19.0. The van der Waals surface area contributed by atoms with Gasteiger partial charge in [0, 0.05) is 25.0 Å². The zero-order valence-electron chi connectivity index (χ0n) is 21.5. The van der Waals surface area contributed by atoms with Crippen LogP contribution in [0.25, 0.3) is 17.2 Å². The lowest BCUT2D eigenvalue weighted by Gasteiger charge is -2.30. The lowest BCUT2D eigenvalue weighted by atomic mass is 9.98. The molecule has 0 saturated carbocycles. The number of nitrogen functional groups attached to an aromatic ring is 1. The Balaban J connectivity index is 1.19. The molecule has 1 fully saturated rings. The molecule has 1 aromatic heterocycles. The Hall–Kier alpha value is -4.21. The lowest BCUT2D eigenvalue weighted by Crippen LogP contribution is -2.39. The fourth-order valence-corrected chi connectivity index (χ4v) is 5.78. The van der Waals surface area contributed by atoms with Crippen LogP contribution in [0.4, 0.5) is 11.6 Å². The average molecular weight is 542 g/mol. The molecule has 9 heteroatoms. The summed E-state index contributed by atoms with van der Waals surface area (Å²) in [6.45, 7) is 1.62. The quantitative estimate of drug-likeness (QED) is 0.282. The first kappa shape index (κ1) is 26.4. The number of hydrogen-bond donors (Lipinski definition) is 2. The Bertz CT molecular complexity index is 1500. The number of nitrogens with two attached hydrogens (primary N) is 1. The van der Waals surface area contributed by atoms with Crippen molar-refractivity contribution in [3.05, 3.63) is 102 Å². The number of hydrogen-bond acceptors (Lipinski definition) is 7. The Morgan fingerprint density at radius 1 is 0.897 bits per heavy atom. The van der Waals surface area contributed by atoms with Crippen LogP contribution in [-0.4, -0.2) is 42.3 Å². The molecule has 39 heavy (non-hydrogen) atoms. The van der Waals surface area contributed by atoms with Crippen molar-refractivity contribution < 1.29 is 13.2 Å². The highest BCUT2D eigenvalue weighted by Gasteiger charge is 2.26. The van der Waals surface area contributed by atoms with Crippen LogP contribution in [0.1, 0.15) is 18.4 Å². The third kappa shape index (κ3) is 6.81. The molecule has 5 rings (SSSR count). The average Bonchev–Trinajstić information content (AvgIpc) is 2.97. The smallest absolute Gasteiger partial charge is 0.236 e. The van der Waals surface area contributed by atoms with Gasteiger partial charge >= 0.3 is 0 Å². The van der Waals surface area contributed by atoms with E-state index >= 15 is 0 Å². The minimum absolute atomic E-state index is 0.306. The second-order valence-electron chi connectivity index (χ2n) is 9.40. The van der Waals surface area contributed by atoms with Gasteiger partial charge in [-0.1, -0.05) is 60.7 Å². The highest BCUT2D eigenvalue weighted by Crippen LogP contribution is 2.33. The lowest BCUT2D eigenvalue weighted by molar-refractivity contribution is 0.284. The van der Waals surface area contributed by atoms with Crippen LogP contribution in [0.2, 0.25) is 0 Å². The molecular weight excluding hydrogens is 510 g/mol. The first-order valence-corrected chi connectivity index (χ1v) is 14.4. The van der Waals surface area contributed by atoms with Gasteiger partial charge in [-0.05, 0) is 60.2 Å². The summed E-state index contributed by atoms with van der Waals surface area (Å²) in [5, 5.41) is 4.73. The maximum absolute atomic E-state index is 12.8. The molecule has 0 spiro atoms. The summed E-state index contributed by atoms with van der Waals surface area (Å²) in [6.07, 6.45) is 4.60. The van der Waals surface area contributed by atoms with Gasteiger partial charge in [-0.2, -0.15) is 4.31 Å². The second-order valence-corrected chi connectivity index (χ2v) is 11.2. The highest BCUT2D eigenvalue weighted by molar-refractivity contribution is 7.92. The van der Waals surface area contributed by atoms with Crippen LogP contribution in [0, 0.1) is 5.92 Å². The van der Waals surface area contributed by atoms with Gasteiger partial charge < -0.3 is 15.8 Å². The van der Waals surface area contributed by atoms with E-state index in [9.17, 15) is 8.42 Å². The molecule has 0 amide bonds. The minimum atomic E-state index is -3.46. The summed E-state index contributed by atoms with van der Waals surface area (Å²) in [4.78, 5) is 8.64. The Morgan fingerprint density at radius 2 is 1.54 bits per heavy atom. The van der Waals surface area contributed by atoms with Crippen molar-refractivity contribution in [2.24, 2.45) is 5.92 Å². The maximum Gasteiger partial charge on any atom is 0.236 e. The van der Waals surface area contributed by atoms with E-state index in [0.29, 0.717) is 37.2 Å². The molecule has 0 aliphatic carbocycles. The van der Waals surface area contributed by atoms with Gasteiger partial charge in [0.25, 0.3) is 0 Å². The predicted octanol–water partition coefficient (Wildman–Crippen LogP) is 5.64. The van der Waals surface area contributed by atoms with Crippen molar-refractivity contribution >= 4 is 27.7 Å². The SMILES string of the molecule is Nc1ncnc(NCC2CCN(S(=O)(=O)C=Cc3ccccc3)CC2)c1-c1ccc(Oc2ccccc2)cc1. The van der Waals surface area contributed by atoms with E-state index in [-0.39, 0.29) is 0 Å². The molecule has 1 aliphatic heterocycles. The van der Waals surface area contributed by atoms with Crippen molar-refractivity contribution in [3.63, 3.8) is 0 Å². The third-order valence-electron chi connectivity index (χ3n) is 6.72. The molecule has 8 nitrogen and oxygen atoms in total. The van der Waals surface area contributed by atoms with E-state index in [1.54, 1.807) is 10.4 Å². The summed E-state index contributed by atoms with van der Waals surface area (Å²) in [6, 6.07) is 26.7. The van der Waals surface area contributed by atoms with Crippen LogP contribution in [-0.2, 0) is 10.0 Å². The number of nitrogens with zero attached hydrogens (tertiary/aromatic N) is 3. The number of aromatic nitrogens is 2. The fourth-order valence-electron chi connectivity index (χ4n) is 4.56. The van der Waals surface area contributed by atoms with Crippen molar-refractivity contribution in [1.82, 2.24) is 14.3 Å². The summed E-state index contributed by atoms with van der Waals surface area (Å²) in [5.74, 6) is 2.83. The minimum Gasteiger partial charge on any atom is -0.457 e. The summed E-state index contributed by atoms with van der Waals surface area (Å²) >= 11 is 0. The third-order valence-corrected chi connectivity index (χ3v) is 8.29. The Labute approximate surface area is 229 Å². The van der Waals surface area contributed by atoms with Crippen LogP contribution < -0.4 is 15.8 Å². The van der Waals surface area contributed by atoms with Gasteiger partial charge in [0.2, 0.25) is 10.0 Å². The van der Waals surface area contributed by atoms with Crippen molar-refractivity contribution in [1.29, 1.82) is 0 Å². The van der Waals surface area contributed by atoms with Crippen LogP contribution in [0.15, 0.2) is 96.7 Å². The van der Waals surface area contributed by atoms with Gasteiger partial charge in [-0.15, -0.1) is 0 Å². The van der Waals surface area contributed by atoms with E-state index in [1.807, 2.05) is 84.9 Å². The number of ether oxygens (including phenoxy) is 1. The molecule has 4 aromatic rings. The molecule has 200 valence electrons. The van der Waals surface area contributed by atoms with Gasteiger partial charge in [-0.3, -0.25) is 0 Å². The van der Waals surface area contributed by atoms with E-state index in [0.717, 1.165) is 41.0 Å². The zero-order valence-corrected chi connectivity index (χ0v) is 22.3. The fraction of sp³-hybridized carbons (Fsp3) is 0.200. The topological polar surface area (TPSA) is 110 Å². The normalized spacial score (nSPS) is 14.9. The monoisotopic (exact) mass is 541 g/mol. The standard InChI is InChI=1S/C30H31N5O3S/c31-29-28(25-11-13-27(14-12-25)38-26-9-5-2-6-10-26)30(34-22-33-29)32-21-24-15-18-35(19-16-24)39(36,37)20-17-23-7-3-1-4-8-23/h1-14,17,20,22,24H,15-16,18-19,21H2,(H3,31,32,33,34). The zero-order chi connectivity index (χ0) is 27.1. The van der Waals surface area contributed by atoms with E-state index in [1.165, 1.54) is 11.7 Å². The molecule has 0 bridgehead atoms.